The van der Waals surface area contributed by atoms with Crippen molar-refractivity contribution in [3.05, 3.63) is 59.9 Å². The van der Waals surface area contributed by atoms with E-state index in [1.165, 1.54) is 12.8 Å². The first-order valence-corrected chi connectivity index (χ1v) is 7.00. The lowest BCUT2D eigenvalue weighted by atomic mass is 10.1. The van der Waals surface area contributed by atoms with Crippen molar-refractivity contribution in [3.63, 3.8) is 0 Å². The van der Waals surface area contributed by atoms with E-state index in [9.17, 15) is 4.79 Å². The highest BCUT2D eigenvalue weighted by molar-refractivity contribution is 6.07. The average Bonchev–Trinajstić information content (AvgIpc) is 2.52. The summed E-state index contributed by atoms with van der Waals surface area (Å²) in [5.41, 5.74) is 1.09. The number of ether oxygens (including phenoxy) is 1. The molecule has 0 unspecified atom stereocenters. The summed E-state index contributed by atoms with van der Waals surface area (Å²) in [6, 6.07) is 12.6. The molecule has 1 aromatic heterocycles. The van der Waals surface area contributed by atoms with Crippen LogP contribution in [-0.2, 0) is 0 Å². The molecule has 0 saturated heterocycles. The van der Waals surface area contributed by atoms with Crippen molar-refractivity contribution in [2.45, 2.75) is 26.2 Å². The van der Waals surface area contributed by atoms with Gasteiger partial charge in [0.2, 0.25) is 5.78 Å². The highest BCUT2D eigenvalue weighted by Crippen LogP contribution is 2.15. The van der Waals surface area contributed by atoms with Crippen molar-refractivity contribution < 1.29 is 9.53 Å². The summed E-state index contributed by atoms with van der Waals surface area (Å²) in [4.78, 5) is 16.2. The molecule has 0 aliphatic carbocycles. The van der Waals surface area contributed by atoms with E-state index in [1.807, 2.05) is 18.2 Å². The first kappa shape index (κ1) is 14.3. The molecule has 3 nitrogen and oxygen atoms in total. The molecule has 2 aromatic rings. The molecule has 3 heteroatoms. The van der Waals surface area contributed by atoms with Gasteiger partial charge in [0.05, 0.1) is 6.61 Å². The highest BCUT2D eigenvalue weighted by atomic mass is 16.5. The van der Waals surface area contributed by atoms with Crippen molar-refractivity contribution >= 4 is 5.78 Å². The number of rotatable bonds is 7. The zero-order chi connectivity index (χ0) is 14.2. The van der Waals surface area contributed by atoms with Crippen LogP contribution in [0.4, 0.5) is 0 Å². The molecule has 0 radical (unpaired) electrons. The van der Waals surface area contributed by atoms with E-state index in [1.54, 1.807) is 30.5 Å². The fraction of sp³-hybridized carbons (Fsp3) is 0.294. The van der Waals surface area contributed by atoms with Crippen LogP contribution in [0.2, 0.25) is 0 Å². The Hall–Kier alpha value is -2.16. The van der Waals surface area contributed by atoms with Gasteiger partial charge in [0.15, 0.2) is 0 Å². The fourth-order valence-electron chi connectivity index (χ4n) is 1.89. The van der Waals surface area contributed by atoms with Gasteiger partial charge in [-0.15, -0.1) is 0 Å². The second kappa shape index (κ2) is 7.43. The van der Waals surface area contributed by atoms with Crippen LogP contribution in [0.25, 0.3) is 0 Å². The van der Waals surface area contributed by atoms with E-state index in [4.69, 9.17) is 4.74 Å². The first-order chi connectivity index (χ1) is 9.81. The predicted octanol–water partition coefficient (Wildman–Crippen LogP) is 3.88. The van der Waals surface area contributed by atoms with Gasteiger partial charge >= 0.3 is 0 Å². The van der Waals surface area contributed by atoms with Crippen molar-refractivity contribution in [2.75, 3.05) is 6.61 Å². The van der Waals surface area contributed by atoms with Gasteiger partial charge in [-0.1, -0.05) is 25.8 Å². The molecule has 0 amide bonds. The summed E-state index contributed by atoms with van der Waals surface area (Å²) in [6.45, 7) is 2.89. The third-order valence-electron chi connectivity index (χ3n) is 3.03. The van der Waals surface area contributed by atoms with Crippen LogP contribution in [-0.4, -0.2) is 17.4 Å². The van der Waals surface area contributed by atoms with E-state index in [0.717, 1.165) is 18.8 Å². The number of unbranched alkanes of at least 4 members (excludes halogenated alkanes) is 2. The maximum atomic E-state index is 12.2. The number of ketones is 1. The van der Waals surface area contributed by atoms with E-state index in [0.29, 0.717) is 11.3 Å². The molecule has 1 aromatic carbocycles. The Morgan fingerprint density at radius 3 is 2.55 bits per heavy atom. The molecule has 0 saturated carbocycles. The predicted molar refractivity (Wildman–Crippen MR) is 79.1 cm³/mol. The highest BCUT2D eigenvalue weighted by Gasteiger charge is 2.09. The van der Waals surface area contributed by atoms with Crippen LogP contribution in [0.1, 0.15) is 42.2 Å². The zero-order valence-electron chi connectivity index (χ0n) is 11.7. The molecule has 104 valence electrons. The monoisotopic (exact) mass is 269 g/mol. The third-order valence-corrected chi connectivity index (χ3v) is 3.03. The molecule has 1 heterocycles. The van der Waals surface area contributed by atoms with Gasteiger partial charge in [-0.2, -0.15) is 0 Å². The zero-order valence-corrected chi connectivity index (χ0v) is 11.7. The third kappa shape index (κ3) is 3.92. The number of carbonyl (C=O) groups excluding carboxylic acids is 1. The lowest BCUT2D eigenvalue weighted by molar-refractivity contribution is 0.103. The van der Waals surface area contributed by atoms with Gasteiger partial charge in [-0.3, -0.25) is 9.78 Å². The Kier molecular flexibility index (Phi) is 5.30. The molecule has 0 aliphatic rings. The van der Waals surface area contributed by atoms with Crippen molar-refractivity contribution in [1.82, 2.24) is 4.98 Å². The minimum atomic E-state index is -0.0665. The SMILES string of the molecule is CCCCCOc1ccc(C(=O)c2ccccn2)cc1. The Morgan fingerprint density at radius 1 is 1.10 bits per heavy atom. The quantitative estimate of drug-likeness (QED) is 0.565. The molecular formula is C17H19NO2. The minimum absolute atomic E-state index is 0.0665. The standard InChI is InChI=1S/C17H19NO2/c1-2-3-6-13-20-15-10-8-14(9-11-15)17(19)16-7-4-5-12-18-16/h4-5,7-12H,2-3,6,13H2,1H3. The molecular weight excluding hydrogens is 250 g/mol. The summed E-state index contributed by atoms with van der Waals surface area (Å²) in [7, 11) is 0. The van der Waals surface area contributed by atoms with Crippen LogP contribution in [0, 0.1) is 0 Å². The number of nitrogens with zero attached hydrogens (tertiary/aromatic N) is 1. The number of aromatic nitrogens is 1. The summed E-state index contributed by atoms with van der Waals surface area (Å²) >= 11 is 0. The Labute approximate surface area is 119 Å². The van der Waals surface area contributed by atoms with Gasteiger partial charge in [0, 0.05) is 11.8 Å². The maximum absolute atomic E-state index is 12.2. The number of pyridine rings is 1. The lowest BCUT2D eigenvalue weighted by Gasteiger charge is -2.06. The van der Waals surface area contributed by atoms with Crippen molar-refractivity contribution in [1.29, 1.82) is 0 Å². The molecule has 0 spiro atoms. The van der Waals surface area contributed by atoms with E-state index >= 15 is 0 Å². The molecule has 0 aliphatic heterocycles. The molecule has 0 fully saturated rings. The van der Waals surface area contributed by atoms with E-state index < -0.39 is 0 Å². The van der Waals surface area contributed by atoms with Gasteiger partial charge in [-0.25, -0.2) is 0 Å². The number of hydrogen-bond acceptors (Lipinski definition) is 3. The molecule has 0 N–H and O–H groups in total. The van der Waals surface area contributed by atoms with Gasteiger partial charge < -0.3 is 4.74 Å². The van der Waals surface area contributed by atoms with E-state index in [-0.39, 0.29) is 5.78 Å². The summed E-state index contributed by atoms with van der Waals surface area (Å²) in [6.07, 6.45) is 5.04. The minimum Gasteiger partial charge on any atom is -0.494 e. The Morgan fingerprint density at radius 2 is 1.90 bits per heavy atom. The Balaban J connectivity index is 1.96. The molecule has 2 rings (SSSR count). The first-order valence-electron chi connectivity index (χ1n) is 7.00. The number of hydrogen-bond donors (Lipinski definition) is 0. The van der Waals surface area contributed by atoms with Gasteiger partial charge in [0.1, 0.15) is 11.4 Å². The number of carbonyl (C=O) groups is 1. The fourth-order valence-corrected chi connectivity index (χ4v) is 1.89. The Bertz CT molecular complexity index is 535. The lowest BCUT2D eigenvalue weighted by Crippen LogP contribution is -2.03. The van der Waals surface area contributed by atoms with Crippen molar-refractivity contribution in [2.24, 2.45) is 0 Å². The van der Waals surface area contributed by atoms with Crippen LogP contribution in [0.5, 0.6) is 5.75 Å². The van der Waals surface area contributed by atoms with Crippen LogP contribution in [0.3, 0.4) is 0 Å². The molecule has 20 heavy (non-hydrogen) atoms. The summed E-state index contributed by atoms with van der Waals surface area (Å²) in [5.74, 6) is 0.738. The smallest absolute Gasteiger partial charge is 0.211 e. The molecule has 0 atom stereocenters. The van der Waals surface area contributed by atoms with Crippen LogP contribution < -0.4 is 4.74 Å². The van der Waals surface area contributed by atoms with Crippen molar-refractivity contribution in [3.8, 4) is 5.75 Å². The van der Waals surface area contributed by atoms with Gasteiger partial charge in [-0.05, 0) is 42.8 Å². The topological polar surface area (TPSA) is 39.2 Å². The maximum Gasteiger partial charge on any atom is 0.211 e. The average molecular weight is 269 g/mol. The second-order valence-electron chi connectivity index (χ2n) is 4.62. The normalized spacial score (nSPS) is 10.2. The van der Waals surface area contributed by atoms with Crippen LogP contribution >= 0.6 is 0 Å². The second-order valence-corrected chi connectivity index (χ2v) is 4.62. The largest absolute Gasteiger partial charge is 0.494 e. The van der Waals surface area contributed by atoms with Crippen LogP contribution in [0.15, 0.2) is 48.7 Å². The summed E-state index contributed by atoms with van der Waals surface area (Å²) in [5, 5.41) is 0. The summed E-state index contributed by atoms with van der Waals surface area (Å²) < 4.78 is 5.62. The number of benzene rings is 1. The molecule has 0 bridgehead atoms. The van der Waals surface area contributed by atoms with E-state index in [2.05, 4.69) is 11.9 Å². The van der Waals surface area contributed by atoms with Gasteiger partial charge in [0.25, 0.3) is 0 Å².